The molecule has 1 heterocycles. The number of aliphatic hydroxyl groups excluding tert-OH is 1. The first kappa shape index (κ1) is 17.2. The first-order chi connectivity index (χ1) is 10.5. The van der Waals surface area contributed by atoms with Gasteiger partial charge >= 0.3 is 6.03 Å². The third-order valence-electron chi connectivity index (χ3n) is 4.38. The van der Waals surface area contributed by atoms with E-state index in [1.165, 1.54) is 0 Å². The lowest BCUT2D eigenvalue weighted by atomic mass is 9.86. The maximum absolute atomic E-state index is 12.3. The van der Waals surface area contributed by atoms with Gasteiger partial charge < -0.3 is 15.3 Å². The summed E-state index contributed by atoms with van der Waals surface area (Å²) in [4.78, 5) is 18.5. The molecule has 1 saturated carbocycles. The first-order valence-electron chi connectivity index (χ1n) is 8.15. The van der Waals surface area contributed by atoms with Crippen molar-refractivity contribution in [2.45, 2.75) is 58.1 Å². The van der Waals surface area contributed by atoms with Gasteiger partial charge in [-0.15, -0.1) is 11.3 Å². The van der Waals surface area contributed by atoms with E-state index < -0.39 is 0 Å². The van der Waals surface area contributed by atoms with Crippen LogP contribution in [0.25, 0.3) is 0 Å². The normalized spacial score (nSPS) is 23.1. The predicted molar refractivity (Wildman–Crippen MR) is 89.0 cm³/mol. The maximum Gasteiger partial charge on any atom is 0.317 e. The van der Waals surface area contributed by atoms with Crippen molar-refractivity contribution in [2.75, 3.05) is 13.6 Å². The third-order valence-corrected chi connectivity index (χ3v) is 5.39. The minimum absolute atomic E-state index is 0.0946. The Labute approximate surface area is 136 Å². The fraction of sp³-hybridized carbons (Fsp3) is 0.750. The minimum Gasteiger partial charge on any atom is -0.393 e. The molecule has 1 aliphatic carbocycles. The summed E-state index contributed by atoms with van der Waals surface area (Å²) in [6.07, 6.45) is 4.74. The molecule has 0 aliphatic heterocycles. The summed E-state index contributed by atoms with van der Waals surface area (Å²) in [6, 6.07) is -0.195. The Hall–Kier alpha value is -1.14. The van der Waals surface area contributed by atoms with Crippen LogP contribution in [0.4, 0.5) is 4.79 Å². The summed E-state index contributed by atoms with van der Waals surface area (Å²) in [5.74, 6) is 0.200. The highest BCUT2D eigenvalue weighted by molar-refractivity contribution is 7.09. The van der Waals surface area contributed by atoms with Crippen molar-refractivity contribution in [1.29, 1.82) is 0 Å². The lowest BCUT2D eigenvalue weighted by Crippen LogP contribution is -2.43. The van der Waals surface area contributed by atoms with Gasteiger partial charge in [0.1, 0.15) is 0 Å². The van der Waals surface area contributed by atoms with Crippen LogP contribution in [0.3, 0.4) is 0 Å². The van der Waals surface area contributed by atoms with E-state index in [0.29, 0.717) is 6.54 Å². The largest absolute Gasteiger partial charge is 0.393 e. The number of aliphatic hydroxyl groups is 1. The van der Waals surface area contributed by atoms with Crippen molar-refractivity contribution < 1.29 is 9.90 Å². The molecule has 0 saturated heterocycles. The van der Waals surface area contributed by atoms with Crippen LogP contribution >= 0.6 is 11.3 Å². The summed E-state index contributed by atoms with van der Waals surface area (Å²) >= 11 is 1.63. The number of rotatable bonds is 5. The summed E-state index contributed by atoms with van der Waals surface area (Å²) in [5.41, 5.74) is 0.918. The average Bonchev–Trinajstić information content (AvgIpc) is 2.98. The van der Waals surface area contributed by atoms with Crippen LogP contribution in [0, 0.1) is 5.92 Å². The van der Waals surface area contributed by atoms with Gasteiger partial charge in [-0.05, 0) is 26.2 Å². The summed E-state index contributed by atoms with van der Waals surface area (Å²) in [6.45, 7) is 4.64. The fourth-order valence-corrected chi connectivity index (χ4v) is 3.73. The molecule has 0 radical (unpaired) electrons. The van der Waals surface area contributed by atoms with E-state index in [4.69, 9.17) is 0 Å². The SMILES string of the molecule is CCc1nc(C(C)NC(=O)N(C)CC2CCCCC2O)cs1. The van der Waals surface area contributed by atoms with E-state index in [1.54, 1.807) is 23.3 Å². The molecular weight excluding hydrogens is 298 g/mol. The second-order valence-corrected chi connectivity index (χ2v) is 7.13. The second-order valence-electron chi connectivity index (χ2n) is 6.18. The molecule has 5 nitrogen and oxygen atoms in total. The number of carbonyl (C=O) groups is 1. The number of aromatic nitrogens is 1. The van der Waals surface area contributed by atoms with Crippen molar-refractivity contribution in [1.82, 2.24) is 15.2 Å². The van der Waals surface area contributed by atoms with Crippen LogP contribution < -0.4 is 5.32 Å². The molecule has 3 unspecified atom stereocenters. The second kappa shape index (κ2) is 7.92. The number of thiazole rings is 1. The molecule has 1 aromatic rings. The fourth-order valence-electron chi connectivity index (χ4n) is 2.89. The van der Waals surface area contributed by atoms with Crippen LogP contribution in [-0.2, 0) is 6.42 Å². The number of carbonyl (C=O) groups excluding carboxylic acids is 1. The Morgan fingerprint density at radius 3 is 2.91 bits per heavy atom. The molecule has 2 amide bonds. The number of hydrogen-bond acceptors (Lipinski definition) is 4. The van der Waals surface area contributed by atoms with E-state index in [2.05, 4.69) is 17.2 Å². The van der Waals surface area contributed by atoms with Gasteiger partial charge in [0, 0.05) is 24.9 Å². The Balaban J connectivity index is 1.84. The maximum atomic E-state index is 12.3. The third kappa shape index (κ3) is 4.43. The van der Waals surface area contributed by atoms with Gasteiger partial charge in [-0.3, -0.25) is 0 Å². The van der Waals surface area contributed by atoms with Crippen LogP contribution in [0.15, 0.2) is 5.38 Å². The standard InChI is InChI=1S/C16H27N3O2S/c1-4-15-18-13(10-22-15)11(2)17-16(21)19(3)9-12-7-5-6-8-14(12)20/h10-12,14,20H,4-9H2,1-3H3,(H,17,21). The lowest BCUT2D eigenvalue weighted by Gasteiger charge is -2.31. The molecule has 2 rings (SSSR count). The molecule has 6 heteroatoms. The van der Waals surface area contributed by atoms with Gasteiger partial charge in [0.05, 0.1) is 22.8 Å². The number of nitrogens with zero attached hydrogens (tertiary/aromatic N) is 2. The molecule has 1 fully saturated rings. The molecule has 0 bridgehead atoms. The highest BCUT2D eigenvalue weighted by Gasteiger charge is 2.26. The predicted octanol–water partition coefficient (Wildman–Crippen LogP) is 2.96. The van der Waals surface area contributed by atoms with Gasteiger partial charge in [-0.25, -0.2) is 9.78 Å². The Morgan fingerprint density at radius 2 is 2.27 bits per heavy atom. The molecule has 1 aliphatic rings. The van der Waals surface area contributed by atoms with Crippen molar-refractivity contribution in [2.24, 2.45) is 5.92 Å². The van der Waals surface area contributed by atoms with Crippen LogP contribution in [0.5, 0.6) is 0 Å². The molecule has 0 aromatic carbocycles. The lowest BCUT2D eigenvalue weighted by molar-refractivity contribution is 0.0563. The van der Waals surface area contributed by atoms with Gasteiger partial charge in [0.15, 0.2) is 0 Å². The van der Waals surface area contributed by atoms with Crippen molar-refractivity contribution >= 4 is 17.4 Å². The molecular formula is C16H27N3O2S. The topological polar surface area (TPSA) is 65.5 Å². The van der Waals surface area contributed by atoms with Crippen molar-refractivity contribution in [3.63, 3.8) is 0 Å². The first-order valence-corrected chi connectivity index (χ1v) is 9.03. The number of urea groups is 1. The molecule has 0 spiro atoms. The van der Waals surface area contributed by atoms with Gasteiger partial charge in [-0.1, -0.05) is 19.8 Å². The van der Waals surface area contributed by atoms with Crippen LogP contribution in [0.1, 0.15) is 56.3 Å². The number of hydrogen-bond donors (Lipinski definition) is 2. The monoisotopic (exact) mass is 325 g/mol. The Kier molecular flexibility index (Phi) is 6.20. The minimum atomic E-state index is -0.271. The van der Waals surface area contributed by atoms with Crippen LogP contribution in [0.2, 0.25) is 0 Å². The van der Waals surface area contributed by atoms with Gasteiger partial charge in [0.2, 0.25) is 0 Å². The van der Waals surface area contributed by atoms with Crippen molar-refractivity contribution in [3.05, 3.63) is 16.1 Å². The number of aryl methyl sites for hydroxylation is 1. The number of amides is 2. The number of nitrogens with one attached hydrogen (secondary N) is 1. The zero-order valence-electron chi connectivity index (χ0n) is 13.7. The highest BCUT2D eigenvalue weighted by atomic mass is 32.1. The zero-order valence-corrected chi connectivity index (χ0v) is 14.5. The van der Waals surface area contributed by atoms with E-state index >= 15 is 0 Å². The van der Waals surface area contributed by atoms with Gasteiger partial charge in [0.25, 0.3) is 0 Å². The molecule has 22 heavy (non-hydrogen) atoms. The van der Waals surface area contributed by atoms with Crippen LogP contribution in [-0.4, -0.2) is 40.7 Å². The summed E-state index contributed by atoms with van der Waals surface area (Å²) in [7, 11) is 1.79. The molecule has 1 aromatic heterocycles. The van der Waals surface area contributed by atoms with E-state index in [9.17, 15) is 9.90 Å². The average molecular weight is 325 g/mol. The quantitative estimate of drug-likeness (QED) is 0.875. The summed E-state index contributed by atoms with van der Waals surface area (Å²) < 4.78 is 0. The smallest absolute Gasteiger partial charge is 0.317 e. The van der Waals surface area contributed by atoms with E-state index in [0.717, 1.165) is 42.8 Å². The van der Waals surface area contributed by atoms with E-state index in [-0.39, 0.29) is 24.1 Å². The summed E-state index contributed by atoms with van der Waals surface area (Å²) in [5, 5.41) is 16.1. The molecule has 3 atom stereocenters. The highest BCUT2D eigenvalue weighted by Crippen LogP contribution is 2.25. The zero-order chi connectivity index (χ0) is 16.1. The van der Waals surface area contributed by atoms with Gasteiger partial charge in [-0.2, -0.15) is 0 Å². The molecule has 2 N–H and O–H groups in total. The Bertz CT molecular complexity index is 491. The van der Waals surface area contributed by atoms with E-state index in [1.807, 2.05) is 12.3 Å². The molecule has 124 valence electrons. The Morgan fingerprint density at radius 1 is 1.55 bits per heavy atom. The van der Waals surface area contributed by atoms with Crippen molar-refractivity contribution in [3.8, 4) is 0 Å².